The van der Waals surface area contributed by atoms with Gasteiger partial charge in [-0.3, -0.25) is 0 Å². The van der Waals surface area contributed by atoms with Crippen LogP contribution in [0.25, 0.3) is 0 Å². The first-order chi connectivity index (χ1) is 7.31. The van der Waals surface area contributed by atoms with Crippen molar-refractivity contribution in [3.8, 4) is 5.75 Å². The van der Waals surface area contributed by atoms with Crippen molar-refractivity contribution >= 4 is 17.3 Å². The largest absolute Gasteiger partial charge is 0.493 e. The number of piperazine rings is 1. The number of aromatic nitrogens is 1. The summed E-state index contributed by atoms with van der Waals surface area (Å²) in [5, 5.41) is 3.72. The van der Waals surface area contributed by atoms with Gasteiger partial charge in [-0.25, -0.2) is 4.98 Å². The topological polar surface area (TPSA) is 37.4 Å². The van der Waals surface area contributed by atoms with Gasteiger partial charge in [-0.05, 0) is 0 Å². The van der Waals surface area contributed by atoms with Gasteiger partial charge < -0.3 is 15.0 Å². The molecule has 2 rings (SSSR count). The molecule has 0 atom stereocenters. The van der Waals surface area contributed by atoms with Crippen LogP contribution in [0.4, 0.5) is 5.69 Å². The maximum absolute atomic E-state index is 5.87. The predicted octanol–water partition coefficient (Wildman–Crippen LogP) is 1.15. The van der Waals surface area contributed by atoms with Crippen LogP contribution in [0.5, 0.6) is 5.75 Å². The molecule has 1 aromatic rings. The second-order valence-electron chi connectivity index (χ2n) is 3.42. The molecule has 0 radical (unpaired) electrons. The average Bonchev–Trinajstić information content (AvgIpc) is 2.31. The second kappa shape index (κ2) is 4.68. The Morgan fingerprint density at radius 3 is 2.87 bits per heavy atom. The number of nitrogens with zero attached hydrogens (tertiary/aromatic N) is 2. The summed E-state index contributed by atoms with van der Waals surface area (Å²) < 4.78 is 5.14. The number of methoxy groups -OCH3 is 1. The van der Waals surface area contributed by atoms with Gasteiger partial charge in [0, 0.05) is 32.2 Å². The molecule has 1 N–H and O–H groups in total. The number of ether oxygens (including phenoxy) is 1. The third kappa shape index (κ3) is 2.33. The van der Waals surface area contributed by atoms with Crippen molar-refractivity contribution in [3.05, 3.63) is 17.4 Å². The van der Waals surface area contributed by atoms with Gasteiger partial charge in [0.05, 0.1) is 19.0 Å². The van der Waals surface area contributed by atoms with Gasteiger partial charge in [-0.2, -0.15) is 0 Å². The normalized spacial score (nSPS) is 16.5. The van der Waals surface area contributed by atoms with Crippen molar-refractivity contribution in [2.24, 2.45) is 0 Å². The average molecular weight is 228 g/mol. The lowest BCUT2D eigenvalue weighted by Crippen LogP contribution is -2.43. The highest BCUT2D eigenvalue weighted by Gasteiger charge is 2.12. The van der Waals surface area contributed by atoms with Crippen LogP contribution in [0.1, 0.15) is 0 Å². The first kappa shape index (κ1) is 10.5. The van der Waals surface area contributed by atoms with Gasteiger partial charge in [0.15, 0.2) is 10.9 Å². The van der Waals surface area contributed by atoms with Crippen molar-refractivity contribution in [2.45, 2.75) is 0 Å². The molecule has 1 saturated heterocycles. The van der Waals surface area contributed by atoms with E-state index in [9.17, 15) is 0 Å². The van der Waals surface area contributed by atoms with E-state index >= 15 is 0 Å². The third-order valence-electron chi connectivity index (χ3n) is 2.49. The summed E-state index contributed by atoms with van der Waals surface area (Å²) in [6, 6.07) is 1.93. The standard InChI is InChI=1S/C10H14ClN3O/c1-15-9-6-8(7-13-10(9)11)14-4-2-12-3-5-14/h6-7,12H,2-5H2,1H3. The number of halogens is 1. The van der Waals surface area contributed by atoms with Gasteiger partial charge in [-0.1, -0.05) is 11.6 Å². The summed E-state index contributed by atoms with van der Waals surface area (Å²) in [4.78, 5) is 6.37. The highest BCUT2D eigenvalue weighted by molar-refractivity contribution is 6.30. The molecular weight excluding hydrogens is 214 g/mol. The van der Waals surface area contributed by atoms with Crippen LogP contribution in [0.15, 0.2) is 12.3 Å². The highest BCUT2D eigenvalue weighted by atomic mass is 35.5. The lowest BCUT2D eigenvalue weighted by Gasteiger charge is -2.29. The molecule has 0 bridgehead atoms. The molecule has 1 aromatic heterocycles. The Labute approximate surface area is 94.2 Å². The molecule has 4 nitrogen and oxygen atoms in total. The molecule has 82 valence electrons. The summed E-state index contributed by atoms with van der Waals surface area (Å²) >= 11 is 5.87. The first-order valence-corrected chi connectivity index (χ1v) is 5.34. The second-order valence-corrected chi connectivity index (χ2v) is 3.78. The molecule has 1 fully saturated rings. The number of hydrogen-bond acceptors (Lipinski definition) is 4. The van der Waals surface area contributed by atoms with Gasteiger partial charge >= 0.3 is 0 Å². The number of anilines is 1. The van der Waals surface area contributed by atoms with Crippen LogP contribution in [0, 0.1) is 0 Å². The zero-order chi connectivity index (χ0) is 10.7. The molecular formula is C10H14ClN3O. The Balaban J connectivity index is 2.20. The van der Waals surface area contributed by atoms with E-state index in [-0.39, 0.29) is 0 Å². The van der Waals surface area contributed by atoms with Crippen molar-refractivity contribution in [3.63, 3.8) is 0 Å². The van der Waals surface area contributed by atoms with Crippen molar-refractivity contribution in [1.82, 2.24) is 10.3 Å². The Morgan fingerprint density at radius 1 is 1.47 bits per heavy atom. The maximum atomic E-state index is 5.87. The molecule has 0 spiro atoms. The van der Waals surface area contributed by atoms with Crippen molar-refractivity contribution < 1.29 is 4.74 Å². The lowest BCUT2D eigenvalue weighted by molar-refractivity contribution is 0.413. The molecule has 2 heterocycles. The van der Waals surface area contributed by atoms with Crippen molar-refractivity contribution in [2.75, 3.05) is 38.2 Å². The van der Waals surface area contributed by atoms with Crippen LogP contribution < -0.4 is 15.0 Å². The van der Waals surface area contributed by atoms with Gasteiger partial charge in [0.25, 0.3) is 0 Å². The lowest BCUT2D eigenvalue weighted by atomic mass is 10.3. The molecule has 0 amide bonds. The third-order valence-corrected chi connectivity index (χ3v) is 2.78. The molecule has 0 unspecified atom stereocenters. The molecule has 5 heteroatoms. The Bertz CT molecular complexity index is 339. The minimum absolute atomic E-state index is 0.413. The summed E-state index contributed by atoms with van der Waals surface area (Å²) in [5.74, 6) is 0.632. The van der Waals surface area contributed by atoms with E-state index < -0.39 is 0 Å². The Hall–Kier alpha value is -1.00. The zero-order valence-corrected chi connectivity index (χ0v) is 9.42. The molecule has 1 aliphatic heterocycles. The summed E-state index contributed by atoms with van der Waals surface area (Å²) in [6.07, 6.45) is 1.79. The van der Waals surface area contributed by atoms with E-state index in [1.807, 2.05) is 6.07 Å². The number of hydrogen-bond donors (Lipinski definition) is 1. The molecule has 0 aliphatic carbocycles. The minimum atomic E-state index is 0.413. The smallest absolute Gasteiger partial charge is 0.171 e. The Morgan fingerprint density at radius 2 is 2.20 bits per heavy atom. The minimum Gasteiger partial charge on any atom is -0.493 e. The highest BCUT2D eigenvalue weighted by Crippen LogP contribution is 2.26. The number of rotatable bonds is 2. The van der Waals surface area contributed by atoms with E-state index in [0.717, 1.165) is 31.9 Å². The fourth-order valence-electron chi connectivity index (χ4n) is 1.66. The maximum Gasteiger partial charge on any atom is 0.171 e. The zero-order valence-electron chi connectivity index (χ0n) is 8.66. The fraction of sp³-hybridized carbons (Fsp3) is 0.500. The monoisotopic (exact) mass is 227 g/mol. The van der Waals surface area contributed by atoms with Crippen LogP contribution in [-0.4, -0.2) is 38.3 Å². The van der Waals surface area contributed by atoms with Crippen LogP contribution in [0.3, 0.4) is 0 Å². The van der Waals surface area contributed by atoms with E-state index in [1.54, 1.807) is 13.3 Å². The van der Waals surface area contributed by atoms with Gasteiger partial charge in [0.2, 0.25) is 0 Å². The fourth-order valence-corrected chi connectivity index (χ4v) is 1.84. The van der Waals surface area contributed by atoms with Crippen LogP contribution in [0.2, 0.25) is 5.15 Å². The predicted molar refractivity (Wildman–Crippen MR) is 60.9 cm³/mol. The summed E-state index contributed by atoms with van der Waals surface area (Å²) in [5.41, 5.74) is 1.07. The molecule has 0 saturated carbocycles. The van der Waals surface area contributed by atoms with E-state index in [4.69, 9.17) is 16.3 Å². The summed E-state index contributed by atoms with van der Waals surface area (Å²) in [7, 11) is 1.60. The van der Waals surface area contributed by atoms with E-state index in [1.165, 1.54) is 0 Å². The van der Waals surface area contributed by atoms with Crippen molar-refractivity contribution in [1.29, 1.82) is 0 Å². The number of pyridine rings is 1. The van der Waals surface area contributed by atoms with Crippen LogP contribution >= 0.6 is 11.6 Å². The molecule has 1 aliphatic rings. The van der Waals surface area contributed by atoms with Gasteiger partial charge in [0.1, 0.15) is 0 Å². The molecule has 0 aromatic carbocycles. The quantitative estimate of drug-likeness (QED) is 0.770. The first-order valence-electron chi connectivity index (χ1n) is 4.96. The SMILES string of the molecule is COc1cc(N2CCNCC2)cnc1Cl. The van der Waals surface area contributed by atoms with Gasteiger partial charge in [-0.15, -0.1) is 0 Å². The van der Waals surface area contributed by atoms with Crippen LogP contribution in [-0.2, 0) is 0 Å². The van der Waals surface area contributed by atoms with E-state index in [0.29, 0.717) is 10.9 Å². The Kier molecular flexibility index (Phi) is 3.28. The molecule has 15 heavy (non-hydrogen) atoms. The van der Waals surface area contributed by atoms with E-state index in [2.05, 4.69) is 15.2 Å². The number of nitrogens with one attached hydrogen (secondary N) is 1. The summed E-state index contributed by atoms with van der Waals surface area (Å²) in [6.45, 7) is 3.99.